The second-order valence-electron chi connectivity index (χ2n) is 5.55. The predicted molar refractivity (Wildman–Crippen MR) is 89.1 cm³/mol. The molecule has 1 atom stereocenters. The van der Waals surface area contributed by atoms with Crippen LogP contribution in [0, 0.1) is 0 Å². The number of carbonyl (C=O) groups is 1. The standard InChI is InChI=1S/C18H20N2O2/c1-3-20-16-7-5-4-6-14(16)15-10-13(8-9-17(15)20)11-19-12(2)18(21)22/h4-10,12,19H,3,11H2,1-2H3,(H,21,22)/t12-/m1/s1. The van der Waals surface area contributed by atoms with Crippen molar-refractivity contribution >= 4 is 27.8 Å². The lowest BCUT2D eigenvalue weighted by atomic mass is 10.1. The Labute approximate surface area is 129 Å². The fraction of sp³-hybridized carbons (Fsp3) is 0.278. The van der Waals surface area contributed by atoms with Crippen molar-refractivity contribution in [2.45, 2.75) is 33.0 Å². The van der Waals surface area contributed by atoms with Crippen LogP contribution in [0.5, 0.6) is 0 Å². The molecule has 4 nitrogen and oxygen atoms in total. The average molecular weight is 296 g/mol. The molecule has 1 aromatic heterocycles. The summed E-state index contributed by atoms with van der Waals surface area (Å²) in [7, 11) is 0. The van der Waals surface area contributed by atoms with Crippen LogP contribution < -0.4 is 5.32 Å². The number of carboxylic acids is 1. The van der Waals surface area contributed by atoms with Gasteiger partial charge in [-0.25, -0.2) is 0 Å². The first-order chi connectivity index (χ1) is 10.6. The molecular weight excluding hydrogens is 276 g/mol. The zero-order valence-electron chi connectivity index (χ0n) is 12.8. The lowest BCUT2D eigenvalue weighted by Crippen LogP contribution is -2.33. The number of para-hydroxylation sites is 1. The SMILES string of the molecule is CCn1c2ccccc2c2cc(CN[C@H](C)C(=O)O)ccc21. The van der Waals surface area contributed by atoms with E-state index in [9.17, 15) is 4.79 Å². The number of rotatable bonds is 5. The molecule has 0 fully saturated rings. The highest BCUT2D eigenvalue weighted by atomic mass is 16.4. The molecule has 4 heteroatoms. The van der Waals surface area contributed by atoms with E-state index in [1.54, 1.807) is 6.92 Å². The summed E-state index contributed by atoms with van der Waals surface area (Å²) in [6.45, 7) is 5.28. The Balaban J connectivity index is 2.02. The number of fused-ring (bicyclic) bond motifs is 3. The molecule has 0 aliphatic heterocycles. The van der Waals surface area contributed by atoms with Crippen molar-refractivity contribution in [1.29, 1.82) is 0 Å². The first-order valence-corrected chi connectivity index (χ1v) is 7.58. The maximum Gasteiger partial charge on any atom is 0.320 e. The summed E-state index contributed by atoms with van der Waals surface area (Å²) in [5, 5.41) is 14.4. The van der Waals surface area contributed by atoms with E-state index in [1.165, 1.54) is 21.8 Å². The maximum atomic E-state index is 10.9. The fourth-order valence-corrected chi connectivity index (χ4v) is 2.91. The highest BCUT2D eigenvalue weighted by molar-refractivity contribution is 6.08. The highest BCUT2D eigenvalue weighted by Crippen LogP contribution is 2.29. The van der Waals surface area contributed by atoms with Gasteiger partial charge in [-0.05, 0) is 37.6 Å². The van der Waals surface area contributed by atoms with Crippen molar-refractivity contribution in [3.63, 3.8) is 0 Å². The number of benzene rings is 2. The van der Waals surface area contributed by atoms with Crippen LogP contribution in [-0.4, -0.2) is 21.7 Å². The largest absolute Gasteiger partial charge is 0.480 e. The molecule has 114 valence electrons. The van der Waals surface area contributed by atoms with Crippen LogP contribution in [-0.2, 0) is 17.9 Å². The second kappa shape index (κ2) is 5.81. The fourth-order valence-electron chi connectivity index (χ4n) is 2.91. The predicted octanol–water partition coefficient (Wildman–Crippen LogP) is 3.38. The molecule has 3 aromatic rings. The van der Waals surface area contributed by atoms with Gasteiger partial charge in [0.05, 0.1) is 0 Å². The van der Waals surface area contributed by atoms with Crippen LogP contribution in [0.1, 0.15) is 19.4 Å². The molecule has 22 heavy (non-hydrogen) atoms. The van der Waals surface area contributed by atoms with Gasteiger partial charge in [-0.2, -0.15) is 0 Å². The summed E-state index contributed by atoms with van der Waals surface area (Å²) < 4.78 is 2.31. The van der Waals surface area contributed by atoms with Gasteiger partial charge < -0.3 is 15.0 Å². The molecule has 0 saturated carbocycles. The molecule has 0 radical (unpaired) electrons. The minimum atomic E-state index is -0.830. The molecule has 3 rings (SSSR count). The minimum Gasteiger partial charge on any atom is -0.480 e. The van der Waals surface area contributed by atoms with E-state index in [0.29, 0.717) is 6.54 Å². The topological polar surface area (TPSA) is 54.3 Å². The Morgan fingerprint density at radius 3 is 2.64 bits per heavy atom. The zero-order valence-corrected chi connectivity index (χ0v) is 12.8. The van der Waals surface area contributed by atoms with E-state index in [0.717, 1.165) is 12.1 Å². The van der Waals surface area contributed by atoms with E-state index in [4.69, 9.17) is 5.11 Å². The summed E-state index contributed by atoms with van der Waals surface area (Å²) in [6.07, 6.45) is 0. The molecule has 2 N–H and O–H groups in total. The number of hydrogen-bond acceptors (Lipinski definition) is 2. The third-order valence-corrected chi connectivity index (χ3v) is 4.14. The summed E-state index contributed by atoms with van der Waals surface area (Å²) in [5.74, 6) is -0.830. The Morgan fingerprint density at radius 1 is 1.18 bits per heavy atom. The van der Waals surface area contributed by atoms with E-state index >= 15 is 0 Å². The van der Waals surface area contributed by atoms with Crippen molar-refractivity contribution in [3.05, 3.63) is 48.0 Å². The van der Waals surface area contributed by atoms with Gasteiger partial charge in [0.25, 0.3) is 0 Å². The Bertz CT molecular complexity index is 836. The lowest BCUT2D eigenvalue weighted by molar-refractivity contribution is -0.139. The molecule has 0 aliphatic carbocycles. The summed E-state index contributed by atoms with van der Waals surface area (Å²) in [6, 6.07) is 14.2. The van der Waals surface area contributed by atoms with Crippen molar-refractivity contribution in [2.75, 3.05) is 0 Å². The van der Waals surface area contributed by atoms with Crippen LogP contribution in [0.25, 0.3) is 21.8 Å². The number of aromatic nitrogens is 1. The number of carboxylic acid groups (broad SMARTS) is 1. The van der Waals surface area contributed by atoms with Gasteiger partial charge in [0, 0.05) is 34.9 Å². The number of nitrogens with zero attached hydrogens (tertiary/aromatic N) is 1. The Kier molecular flexibility index (Phi) is 3.86. The van der Waals surface area contributed by atoms with E-state index in [2.05, 4.69) is 59.3 Å². The second-order valence-corrected chi connectivity index (χ2v) is 5.55. The molecule has 0 bridgehead atoms. The minimum absolute atomic E-state index is 0.548. The number of aliphatic carboxylic acids is 1. The van der Waals surface area contributed by atoms with E-state index in [1.807, 2.05) is 0 Å². The molecule has 1 heterocycles. The molecule has 0 amide bonds. The van der Waals surface area contributed by atoms with Gasteiger partial charge in [-0.15, -0.1) is 0 Å². The summed E-state index contributed by atoms with van der Waals surface area (Å²) in [4.78, 5) is 10.9. The average Bonchev–Trinajstić information content (AvgIpc) is 2.85. The van der Waals surface area contributed by atoms with E-state index < -0.39 is 12.0 Å². The van der Waals surface area contributed by atoms with Crippen LogP contribution in [0.4, 0.5) is 0 Å². The molecule has 0 unspecified atom stereocenters. The first kappa shape index (κ1) is 14.6. The Hall–Kier alpha value is -2.33. The van der Waals surface area contributed by atoms with Gasteiger partial charge in [-0.3, -0.25) is 4.79 Å². The summed E-state index contributed by atoms with van der Waals surface area (Å²) >= 11 is 0. The third kappa shape index (κ3) is 2.46. The van der Waals surface area contributed by atoms with Crippen molar-refractivity contribution in [2.24, 2.45) is 0 Å². The summed E-state index contributed by atoms with van der Waals surface area (Å²) in [5.41, 5.74) is 3.56. The van der Waals surface area contributed by atoms with Crippen molar-refractivity contribution < 1.29 is 9.90 Å². The van der Waals surface area contributed by atoms with E-state index in [-0.39, 0.29) is 0 Å². The van der Waals surface area contributed by atoms with Gasteiger partial charge in [0.1, 0.15) is 6.04 Å². The molecule has 2 aromatic carbocycles. The van der Waals surface area contributed by atoms with Gasteiger partial charge in [0.15, 0.2) is 0 Å². The maximum absolute atomic E-state index is 10.9. The van der Waals surface area contributed by atoms with Crippen molar-refractivity contribution in [3.8, 4) is 0 Å². The monoisotopic (exact) mass is 296 g/mol. The Morgan fingerprint density at radius 2 is 1.91 bits per heavy atom. The first-order valence-electron chi connectivity index (χ1n) is 7.58. The molecule has 0 spiro atoms. The number of hydrogen-bond donors (Lipinski definition) is 2. The molecule has 0 saturated heterocycles. The van der Waals surface area contributed by atoms with Crippen molar-refractivity contribution in [1.82, 2.24) is 9.88 Å². The van der Waals surface area contributed by atoms with Gasteiger partial charge in [0.2, 0.25) is 0 Å². The normalized spacial score (nSPS) is 12.8. The lowest BCUT2D eigenvalue weighted by Gasteiger charge is -2.09. The van der Waals surface area contributed by atoms with Gasteiger partial charge in [-0.1, -0.05) is 24.3 Å². The molecular formula is C18H20N2O2. The van der Waals surface area contributed by atoms with Crippen LogP contribution >= 0.6 is 0 Å². The number of nitrogens with one attached hydrogen (secondary N) is 1. The number of aryl methyl sites for hydroxylation is 1. The van der Waals surface area contributed by atoms with Gasteiger partial charge >= 0.3 is 5.97 Å². The zero-order chi connectivity index (χ0) is 15.7. The highest BCUT2D eigenvalue weighted by Gasteiger charge is 2.12. The molecule has 0 aliphatic rings. The smallest absolute Gasteiger partial charge is 0.320 e. The van der Waals surface area contributed by atoms with Crippen LogP contribution in [0.15, 0.2) is 42.5 Å². The van der Waals surface area contributed by atoms with Crippen LogP contribution in [0.3, 0.4) is 0 Å². The third-order valence-electron chi connectivity index (χ3n) is 4.14. The van der Waals surface area contributed by atoms with Crippen LogP contribution in [0.2, 0.25) is 0 Å². The quantitative estimate of drug-likeness (QED) is 0.759.